The van der Waals surface area contributed by atoms with Gasteiger partial charge in [-0.15, -0.1) is 0 Å². The van der Waals surface area contributed by atoms with Crippen molar-refractivity contribution >= 4 is 11.0 Å². The van der Waals surface area contributed by atoms with E-state index in [1.54, 1.807) is 42.8 Å². The number of imidazole rings is 1. The molecule has 13 heteroatoms. The van der Waals surface area contributed by atoms with Crippen LogP contribution in [0.1, 0.15) is 69.4 Å². The second kappa shape index (κ2) is 11.4. The van der Waals surface area contributed by atoms with Gasteiger partial charge in [-0.25, -0.2) is 24.9 Å². The summed E-state index contributed by atoms with van der Waals surface area (Å²) in [5, 5.41) is 3.13. The van der Waals surface area contributed by atoms with Crippen molar-refractivity contribution in [3.8, 4) is 28.7 Å². The summed E-state index contributed by atoms with van der Waals surface area (Å²) in [6.07, 6.45) is 1.45. The SMILES string of the molecule is CC.COc1ncnc(C2CC2)c1-c1ncc2c(=O)[nH]n(Cc3ccc(-c4nc(C(F)(F)F)cn4C(C)C)cc3)c2n1. The first kappa shape index (κ1) is 29.0. The van der Waals surface area contributed by atoms with E-state index < -0.39 is 11.9 Å². The second-order valence-corrected chi connectivity index (χ2v) is 10.0. The second-order valence-electron chi connectivity index (χ2n) is 10.0. The molecule has 1 aromatic carbocycles. The summed E-state index contributed by atoms with van der Waals surface area (Å²) in [7, 11) is 1.52. The molecule has 0 amide bonds. The van der Waals surface area contributed by atoms with Crippen LogP contribution in [0.3, 0.4) is 0 Å². The van der Waals surface area contributed by atoms with Gasteiger partial charge in [0.25, 0.3) is 5.56 Å². The molecule has 0 spiro atoms. The Bertz CT molecular complexity index is 1770. The van der Waals surface area contributed by atoms with Crippen molar-refractivity contribution in [1.29, 1.82) is 0 Å². The molecule has 1 saturated carbocycles. The molecule has 220 valence electrons. The van der Waals surface area contributed by atoms with Crippen LogP contribution in [0, 0.1) is 0 Å². The highest BCUT2D eigenvalue weighted by molar-refractivity contribution is 5.77. The average molecular weight is 581 g/mol. The maximum atomic E-state index is 13.3. The number of aromatic nitrogens is 8. The first-order valence-electron chi connectivity index (χ1n) is 13.7. The van der Waals surface area contributed by atoms with Gasteiger partial charge in [0.15, 0.2) is 17.2 Å². The molecule has 4 heterocycles. The summed E-state index contributed by atoms with van der Waals surface area (Å²) in [5.41, 5.74) is 1.91. The van der Waals surface area contributed by atoms with Gasteiger partial charge in [-0.05, 0) is 32.3 Å². The lowest BCUT2D eigenvalue weighted by Gasteiger charge is -2.12. The molecule has 0 radical (unpaired) electrons. The van der Waals surface area contributed by atoms with E-state index in [4.69, 9.17) is 9.72 Å². The van der Waals surface area contributed by atoms with E-state index in [0.717, 1.165) is 30.3 Å². The number of ether oxygens (including phenoxy) is 1. The van der Waals surface area contributed by atoms with Gasteiger partial charge >= 0.3 is 6.18 Å². The maximum Gasteiger partial charge on any atom is 0.434 e. The van der Waals surface area contributed by atoms with Crippen molar-refractivity contribution in [2.24, 2.45) is 0 Å². The number of nitrogens with zero attached hydrogens (tertiary/aromatic N) is 7. The number of nitrogens with one attached hydrogen (secondary N) is 1. The van der Waals surface area contributed by atoms with Crippen molar-refractivity contribution in [2.45, 2.75) is 65.2 Å². The van der Waals surface area contributed by atoms with Gasteiger partial charge in [0.2, 0.25) is 5.88 Å². The molecule has 5 aromatic rings. The lowest BCUT2D eigenvalue weighted by molar-refractivity contribution is -0.140. The Hall–Kier alpha value is -4.55. The van der Waals surface area contributed by atoms with Gasteiger partial charge in [0.05, 0.1) is 19.3 Å². The lowest BCUT2D eigenvalue weighted by Crippen LogP contribution is -2.07. The topological polar surface area (TPSA) is 116 Å². The van der Waals surface area contributed by atoms with Crippen LogP contribution in [0.25, 0.3) is 33.8 Å². The molecule has 1 N–H and O–H groups in total. The molecule has 1 aliphatic rings. The Balaban J connectivity index is 0.00000173. The predicted octanol–water partition coefficient (Wildman–Crippen LogP) is 6.00. The molecule has 6 rings (SSSR count). The van der Waals surface area contributed by atoms with E-state index in [2.05, 4.69) is 25.0 Å². The Labute approximate surface area is 239 Å². The van der Waals surface area contributed by atoms with Gasteiger partial charge in [-0.3, -0.25) is 14.6 Å². The van der Waals surface area contributed by atoms with Gasteiger partial charge in [-0.1, -0.05) is 38.1 Å². The fraction of sp³-hybridized carbons (Fsp3) is 0.379. The van der Waals surface area contributed by atoms with Gasteiger partial charge in [-0.2, -0.15) is 13.2 Å². The van der Waals surface area contributed by atoms with Crippen molar-refractivity contribution in [3.63, 3.8) is 0 Å². The summed E-state index contributed by atoms with van der Waals surface area (Å²) >= 11 is 0. The van der Waals surface area contributed by atoms with E-state index in [0.29, 0.717) is 33.9 Å². The Morgan fingerprint density at radius 1 is 1.07 bits per heavy atom. The molecule has 0 aliphatic heterocycles. The van der Waals surface area contributed by atoms with Crippen LogP contribution in [-0.4, -0.2) is 46.4 Å². The van der Waals surface area contributed by atoms with Crippen LogP contribution >= 0.6 is 0 Å². The van der Waals surface area contributed by atoms with Gasteiger partial charge in [0.1, 0.15) is 23.1 Å². The summed E-state index contributed by atoms with van der Waals surface area (Å²) in [6.45, 7) is 7.86. The van der Waals surface area contributed by atoms with Crippen molar-refractivity contribution in [2.75, 3.05) is 7.11 Å². The Morgan fingerprint density at radius 3 is 2.40 bits per heavy atom. The third-order valence-electron chi connectivity index (χ3n) is 6.86. The molecule has 10 nitrogen and oxygen atoms in total. The fourth-order valence-electron chi connectivity index (χ4n) is 4.70. The molecule has 1 fully saturated rings. The molecule has 4 aromatic heterocycles. The highest BCUT2D eigenvalue weighted by Crippen LogP contribution is 2.44. The zero-order valence-corrected chi connectivity index (χ0v) is 23.9. The summed E-state index contributed by atoms with van der Waals surface area (Å²) in [6, 6.07) is 6.79. The van der Waals surface area contributed by atoms with Crippen LogP contribution in [0.5, 0.6) is 5.88 Å². The molecule has 0 saturated heterocycles. The van der Waals surface area contributed by atoms with E-state index in [1.807, 2.05) is 13.8 Å². The van der Waals surface area contributed by atoms with Gasteiger partial charge in [0, 0.05) is 29.9 Å². The number of H-pyrrole nitrogens is 1. The van der Waals surface area contributed by atoms with Crippen LogP contribution in [-0.2, 0) is 12.7 Å². The van der Waals surface area contributed by atoms with Crippen LogP contribution in [0.15, 0.2) is 47.8 Å². The third kappa shape index (κ3) is 5.50. The Kier molecular flexibility index (Phi) is 7.85. The number of benzene rings is 1. The maximum absolute atomic E-state index is 13.3. The first-order valence-corrected chi connectivity index (χ1v) is 13.7. The van der Waals surface area contributed by atoms with Crippen LogP contribution in [0.2, 0.25) is 0 Å². The molecule has 0 bridgehead atoms. The number of aromatic amines is 1. The largest absolute Gasteiger partial charge is 0.480 e. The summed E-state index contributed by atoms with van der Waals surface area (Å²) in [4.78, 5) is 34.3. The van der Waals surface area contributed by atoms with Crippen molar-refractivity contribution in [3.05, 3.63) is 70.3 Å². The minimum Gasteiger partial charge on any atom is -0.480 e. The first-order chi connectivity index (χ1) is 20.1. The number of hydrogen-bond donors (Lipinski definition) is 1. The molecule has 0 unspecified atom stereocenters. The number of halogens is 3. The zero-order chi connectivity index (χ0) is 30.2. The number of rotatable bonds is 7. The molecule has 0 atom stereocenters. The standard InChI is InChI=1S/C27H25F3N8O2.C2H6/c1-14(2)37-12-19(27(28,29)30)34-23(37)17-6-4-15(5-7-17)11-38-24-18(25(39)36-38)10-31-22(35-24)20-21(16-8-9-16)32-13-33-26(20)40-3;1-2/h4-7,10,12-14,16H,8-9,11H2,1-3H3,(H,36,39);1-2H3. The molecule has 1 aliphatic carbocycles. The van der Waals surface area contributed by atoms with E-state index in [9.17, 15) is 18.0 Å². The van der Waals surface area contributed by atoms with Crippen LogP contribution < -0.4 is 10.3 Å². The van der Waals surface area contributed by atoms with Crippen molar-refractivity contribution < 1.29 is 17.9 Å². The number of methoxy groups -OCH3 is 1. The van der Waals surface area contributed by atoms with Crippen LogP contribution in [0.4, 0.5) is 13.2 Å². The molecular formula is C29H31F3N8O2. The minimum atomic E-state index is -4.54. The lowest BCUT2D eigenvalue weighted by atomic mass is 10.1. The van der Waals surface area contributed by atoms with E-state index in [1.165, 1.54) is 24.2 Å². The highest BCUT2D eigenvalue weighted by atomic mass is 19.4. The van der Waals surface area contributed by atoms with E-state index >= 15 is 0 Å². The molecular weight excluding hydrogens is 549 g/mol. The van der Waals surface area contributed by atoms with Gasteiger partial charge < -0.3 is 9.30 Å². The minimum absolute atomic E-state index is 0.211. The molecule has 42 heavy (non-hydrogen) atoms. The van der Waals surface area contributed by atoms with Crippen molar-refractivity contribution in [1.82, 2.24) is 39.3 Å². The third-order valence-corrected chi connectivity index (χ3v) is 6.86. The summed E-state index contributed by atoms with van der Waals surface area (Å²) in [5.74, 6) is 1.24. The number of fused-ring (bicyclic) bond motifs is 1. The van der Waals surface area contributed by atoms with E-state index in [-0.39, 0.29) is 29.9 Å². The summed E-state index contributed by atoms with van der Waals surface area (Å²) < 4.78 is 48.5. The average Bonchev–Trinajstić information content (AvgIpc) is 3.65. The number of hydrogen-bond acceptors (Lipinski definition) is 7. The quantitative estimate of drug-likeness (QED) is 0.251. The fourth-order valence-corrected chi connectivity index (χ4v) is 4.70. The predicted molar refractivity (Wildman–Crippen MR) is 151 cm³/mol. The Morgan fingerprint density at radius 2 is 1.79 bits per heavy atom. The smallest absolute Gasteiger partial charge is 0.434 e. The zero-order valence-electron chi connectivity index (χ0n) is 23.9. The monoisotopic (exact) mass is 580 g/mol. The normalized spacial score (nSPS) is 13.4. The highest BCUT2D eigenvalue weighted by Gasteiger charge is 2.35. The number of alkyl halides is 3.